The summed E-state index contributed by atoms with van der Waals surface area (Å²) in [7, 11) is 0. The second-order valence-electron chi connectivity index (χ2n) is 4.45. The highest BCUT2D eigenvalue weighted by Crippen LogP contribution is 2.16. The zero-order valence-electron chi connectivity index (χ0n) is 10.0. The summed E-state index contributed by atoms with van der Waals surface area (Å²) >= 11 is 0. The van der Waals surface area contributed by atoms with Crippen molar-refractivity contribution in [2.75, 3.05) is 13.2 Å². The van der Waals surface area contributed by atoms with E-state index in [0.717, 1.165) is 19.6 Å². The predicted molar refractivity (Wildman–Crippen MR) is 68.5 cm³/mol. The third-order valence-electron chi connectivity index (χ3n) is 3.02. The quantitative estimate of drug-likeness (QED) is 0.743. The van der Waals surface area contributed by atoms with Gasteiger partial charge >= 0.3 is 0 Å². The summed E-state index contributed by atoms with van der Waals surface area (Å²) in [6.45, 7) is 3.94. The number of hydrogen-bond acceptors (Lipinski definition) is 1. The fraction of sp³-hybridized carbons (Fsp3) is 0.467. The summed E-state index contributed by atoms with van der Waals surface area (Å²) < 4.78 is 5.34. The van der Waals surface area contributed by atoms with Crippen molar-refractivity contribution in [2.45, 2.75) is 32.6 Å². The Kier molecular flexibility index (Phi) is 4.17. The number of ether oxygens (including phenoxy) is 1. The third-order valence-corrected chi connectivity index (χ3v) is 3.02. The van der Waals surface area contributed by atoms with Gasteiger partial charge < -0.3 is 4.74 Å². The first-order chi connectivity index (χ1) is 7.88. The first-order valence-corrected chi connectivity index (χ1v) is 6.24. The number of benzene rings is 1. The van der Waals surface area contributed by atoms with Gasteiger partial charge in [-0.3, -0.25) is 0 Å². The SMILES string of the molecule is CCCCc1ccc(/C=C2/CCOC2)cc1. The molecule has 0 unspecified atom stereocenters. The van der Waals surface area contributed by atoms with Crippen LogP contribution < -0.4 is 0 Å². The van der Waals surface area contributed by atoms with Crippen LogP contribution in [0, 0.1) is 0 Å². The van der Waals surface area contributed by atoms with Crippen molar-refractivity contribution in [3.05, 3.63) is 41.0 Å². The second-order valence-corrected chi connectivity index (χ2v) is 4.45. The van der Waals surface area contributed by atoms with Crippen LogP contribution in [0.4, 0.5) is 0 Å². The maximum absolute atomic E-state index is 5.34. The van der Waals surface area contributed by atoms with E-state index < -0.39 is 0 Å². The molecule has 1 aliphatic rings. The lowest BCUT2D eigenvalue weighted by Crippen LogP contribution is -1.85. The van der Waals surface area contributed by atoms with Gasteiger partial charge in [-0.15, -0.1) is 0 Å². The summed E-state index contributed by atoms with van der Waals surface area (Å²) in [5.41, 5.74) is 4.17. The molecule has 1 saturated heterocycles. The van der Waals surface area contributed by atoms with E-state index in [1.54, 1.807) is 0 Å². The van der Waals surface area contributed by atoms with Crippen LogP contribution in [0.1, 0.15) is 37.3 Å². The molecule has 0 atom stereocenters. The van der Waals surface area contributed by atoms with E-state index >= 15 is 0 Å². The minimum atomic E-state index is 0.817. The van der Waals surface area contributed by atoms with E-state index in [1.807, 2.05) is 0 Å². The van der Waals surface area contributed by atoms with Gasteiger partial charge in [0.2, 0.25) is 0 Å². The molecule has 0 aromatic heterocycles. The average Bonchev–Trinajstić information content (AvgIpc) is 2.81. The molecule has 0 N–H and O–H groups in total. The zero-order chi connectivity index (χ0) is 11.2. The highest BCUT2D eigenvalue weighted by atomic mass is 16.5. The summed E-state index contributed by atoms with van der Waals surface area (Å²) in [4.78, 5) is 0. The largest absolute Gasteiger partial charge is 0.377 e. The highest BCUT2D eigenvalue weighted by Gasteiger charge is 2.05. The topological polar surface area (TPSA) is 9.23 Å². The molecule has 0 saturated carbocycles. The average molecular weight is 216 g/mol. The Morgan fingerprint density at radius 3 is 2.69 bits per heavy atom. The third kappa shape index (κ3) is 3.21. The van der Waals surface area contributed by atoms with Gasteiger partial charge in [0.25, 0.3) is 0 Å². The molecule has 1 aliphatic heterocycles. The van der Waals surface area contributed by atoms with Crippen LogP contribution in [0.15, 0.2) is 29.8 Å². The van der Waals surface area contributed by atoms with Gasteiger partial charge in [-0.25, -0.2) is 0 Å². The molecule has 1 aromatic rings. The Morgan fingerprint density at radius 2 is 2.06 bits per heavy atom. The monoisotopic (exact) mass is 216 g/mol. The van der Waals surface area contributed by atoms with Crippen LogP contribution in [0.2, 0.25) is 0 Å². The molecule has 0 radical (unpaired) electrons. The zero-order valence-corrected chi connectivity index (χ0v) is 10.0. The molecule has 0 bridgehead atoms. The minimum Gasteiger partial charge on any atom is -0.377 e. The maximum Gasteiger partial charge on any atom is 0.0681 e. The Morgan fingerprint density at radius 1 is 1.25 bits per heavy atom. The van der Waals surface area contributed by atoms with Crippen molar-refractivity contribution in [1.29, 1.82) is 0 Å². The van der Waals surface area contributed by atoms with E-state index in [1.165, 1.54) is 36.0 Å². The van der Waals surface area contributed by atoms with Crippen LogP contribution in [-0.2, 0) is 11.2 Å². The molecule has 1 nitrogen and oxygen atoms in total. The van der Waals surface area contributed by atoms with E-state index in [9.17, 15) is 0 Å². The van der Waals surface area contributed by atoms with Crippen molar-refractivity contribution >= 4 is 6.08 Å². The fourth-order valence-corrected chi connectivity index (χ4v) is 1.99. The molecule has 1 aromatic carbocycles. The van der Waals surface area contributed by atoms with Gasteiger partial charge in [-0.2, -0.15) is 0 Å². The number of rotatable bonds is 4. The number of hydrogen-bond donors (Lipinski definition) is 0. The summed E-state index contributed by atoms with van der Waals surface area (Å²) in [5, 5.41) is 0. The fourth-order valence-electron chi connectivity index (χ4n) is 1.99. The lowest BCUT2D eigenvalue weighted by molar-refractivity contribution is 0.205. The Bertz CT molecular complexity index is 340. The van der Waals surface area contributed by atoms with E-state index in [0.29, 0.717) is 0 Å². The van der Waals surface area contributed by atoms with Crippen molar-refractivity contribution in [3.63, 3.8) is 0 Å². The first kappa shape index (κ1) is 11.4. The molecule has 1 fully saturated rings. The molecule has 1 heterocycles. The Labute approximate surface area is 98.1 Å². The molecule has 1 heteroatoms. The van der Waals surface area contributed by atoms with E-state index in [-0.39, 0.29) is 0 Å². The number of unbranched alkanes of at least 4 members (excludes halogenated alkanes) is 1. The van der Waals surface area contributed by atoms with E-state index in [2.05, 4.69) is 37.3 Å². The van der Waals surface area contributed by atoms with Gasteiger partial charge in [0.1, 0.15) is 0 Å². The predicted octanol–water partition coefficient (Wildman–Crippen LogP) is 3.83. The standard InChI is InChI=1S/C15H20O/c1-2-3-4-13-5-7-14(8-6-13)11-15-9-10-16-12-15/h5-8,11H,2-4,9-10,12H2,1H3/b15-11-. The first-order valence-electron chi connectivity index (χ1n) is 6.24. The normalized spacial score (nSPS) is 18.2. The summed E-state index contributed by atoms with van der Waals surface area (Å²) in [6.07, 6.45) is 7.11. The minimum absolute atomic E-state index is 0.817. The van der Waals surface area contributed by atoms with Crippen molar-refractivity contribution < 1.29 is 4.74 Å². The molecule has 0 spiro atoms. The summed E-state index contributed by atoms with van der Waals surface area (Å²) in [5.74, 6) is 0. The molecule has 86 valence electrons. The Balaban J connectivity index is 1.98. The van der Waals surface area contributed by atoms with Crippen molar-refractivity contribution in [2.24, 2.45) is 0 Å². The van der Waals surface area contributed by atoms with Gasteiger partial charge in [0, 0.05) is 0 Å². The maximum atomic E-state index is 5.34. The van der Waals surface area contributed by atoms with Crippen molar-refractivity contribution in [3.8, 4) is 0 Å². The molecular formula is C15H20O. The van der Waals surface area contributed by atoms with Crippen LogP contribution in [0.5, 0.6) is 0 Å². The molecule has 0 aliphatic carbocycles. The van der Waals surface area contributed by atoms with Crippen molar-refractivity contribution in [1.82, 2.24) is 0 Å². The summed E-state index contributed by atoms with van der Waals surface area (Å²) in [6, 6.07) is 8.93. The van der Waals surface area contributed by atoms with Crippen LogP contribution >= 0.6 is 0 Å². The Hall–Kier alpha value is -1.08. The van der Waals surface area contributed by atoms with Gasteiger partial charge in [-0.05, 0) is 36.0 Å². The molecular weight excluding hydrogens is 196 g/mol. The second kappa shape index (κ2) is 5.86. The van der Waals surface area contributed by atoms with Gasteiger partial charge in [-0.1, -0.05) is 43.7 Å². The smallest absolute Gasteiger partial charge is 0.0681 e. The molecule has 2 rings (SSSR count). The highest BCUT2D eigenvalue weighted by molar-refractivity contribution is 5.53. The molecule has 0 amide bonds. The van der Waals surface area contributed by atoms with E-state index in [4.69, 9.17) is 4.74 Å². The lowest BCUT2D eigenvalue weighted by atomic mass is 10.0. The van der Waals surface area contributed by atoms with Crippen LogP contribution in [0.25, 0.3) is 6.08 Å². The van der Waals surface area contributed by atoms with Gasteiger partial charge in [0.15, 0.2) is 0 Å². The molecule has 16 heavy (non-hydrogen) atoms. The number of aryl methyl sites for hydroxylation is 1. The van der Waals surface area contributed by atoms with Crippen LogP contribution in [0.3, 0.4) is 0 Å². The van der Waals surface area contributed by atoms with Crippen LogP contribution in [-0.4, -0.2) is 13.2 Å². The lowest BCUT2D eigenvalue weighted by Gasteiger charge is -2.01. The van der Waals surface area contributed by atoms with Gasteiger partial charge in [0.05, 0.1) is 13.2 Å².